The lowest BCUT2D eigenvalue weighted by atomic mass is 9.91. The zero-order valence-electron chi connectivity index (χ0n) is 23.4. The molecule has 1 aliphatic heterocycles. The second kappa shape index (κ2) is 10.6. The van der Waals surface area contributed by atoms with E-state index in [1.54, 1.807) is 35.6 Å². The highest BCUT2D eigenvalue weighted by Gasteiger charge is 2.33. The summed E-state index contributed by atoms with van der Waals surface area (Å²) in [5.74, 6) is -0.694. The summed E-state index contributed by atoms with van der Waals surface area (Å²) in [6.45, 7) is 7.81. The smallest absolute Gasteiger partial charge is 0.337 e. The van der Waals surface area contributed by atoms with Gasteiger partial charge in [0.05, 0.1) is 27.9 Å². The minimum absolute atomic E-state index is 0.143. The van der Waals surface area contributed by atoms with Crippen LogP contribution < -0.4 is 4.90 Å². The van der Waals surface area contributed by atoms with E-state index < -0.39 is 17.7 Å². The Morgan fingerprint density at radius 1 is 1.10 bits per heavy atom. The van der Waals surface area contributed by atoms with Crippen LogP contribution in [0.15, 0.2) is 67.1 Å². The number of pyridine rings is 2. The van der Waals surface area contributed by atoms with Gasteiger partial charge in [0.2, 0.25) is 0 Å². The minimum atomic E-state index is -1.20. The molecule has 1 unspecified atom stereocenters. The number of carbonyl (C=O) groups is 2. The maximum absolute atomic E-state index is 13.1. The van der Waals surface area contributed by atoms with E-state index in [9.17, 15) is 14.7 Å². The highest BCUT2D eigenvalue weighted by atomic mass is 35.5. The fraction of sp³-hybridized carbons (Fsp3) is 0.219. The number of ether oxygens (including phenoxy) is 1. The first kappa shape index (κ1) is 28.0. The monoisotopic (exact) mass is 598 g/mol. The summed E-state index contributed by atoms with van der Waals surface area (Å²) in [5.41, 5.74) is 5.20. The second-order valence-electron chi connectivity index (χ2n) is 11.1. The number of anilines is 1. The van der Waals surface area contributed by atoms with Crippen molar-refractivity contribution in [2.45, 2.75) is 45.9 Å². The summed E-state index contributed by atoms with van der Waals surface area (Å²) in [7, 11) is 0. The molecule has 4 heterocycles. The topological polar surface area (TPSA) is 106 Å². The number of carboxylic acids is 1. The quantitative estimate of drug-likeness (QED) is 0.216. The van der Waals surface area contributed by atoms with Crippen molar-refractivity contribution in [3.05, 3.63) is 94.4 Å². The number of carboxylic acid groups (broad SMARTS) is 1. The third-order valence-corrected chi connectivity index (χ3v) is 8.39. The highest BCUT2D eigenvalue weighted by Crippen LogP contribution is 2.44. The molecule has 212 valence electrons. The molecule has 1 atom stereocenters. The number of hydrogen-bond acceptors (Lipinski definition) is 7. The normalized spacial score (nSPS) is 13.9. The number of nitrogens with zero attached hydrogens (tertiary/aromatic N) is 4. The summed E-state index contributed by atoms with van der Waals surface area (Å²) < 4.78 is 6.94. The molecular formula is C32H27ClN4O4S. The molecule has 42 heavy (non-hydrogen) atoms. The number of thiazole rings is 1. The van der Waals surface area contributed by atoms with Crippen LogP contribution in [0.2, 0.25) is 5.02 Å². The lowest BCUT2D eigenvalue weighted by Gasteiger charge is -2.28. The van der Waals surface area contributed by atoms with E-state index in [1.807, 2.05) is 64.1 Å². The van der Waals surface area contributed by atoms with Gasteiger partial charge in [-0.1, -0.05) is 23.7 Å². The molecule has 0 saturated heterocycles. The van der Waals surface area contributed by atoms with Crippen LogP contribution in [0.4, 0.5) is 5.82 Å². The number of aromatic nitrogens is 3. The third kappa shape index (κ3) is 5.15. The molecule has 2 aromatic carbocycles. The lowest BCUT2D eigenvalue weighted by molar-refractivity contribution is -0.160. The standard InChI is InChI=1S/C32H27ClN4O4S/c1-17-13-23-28(26(18-5-7-21(33)8-6-18)25(17)27(31(39)40)41-32(2,3)4)42-29(36-23)19-10-12-35-24(14-19)37-16-20-9-11-34-15-22(20)30(37)38/h5-15,27H,16H2,1-4H3,(H,39,40). The summed E-state index contributed by atoms with van der Waals surface area (Å²) in [5, 5.41) is 11.6. The van der Waals surface area contributed by atoms with E-state index in [4.69, 9.17) is 21.3 Å². The molecule has 1 amide bonds. The molecule has 0 fully saturated rings. The van der Waals surface area contributed by atoms with Gasteiger partial charge in [-0.2, -0.15) is 0 Å². The maximum Gasteiger partial charge on any atom is 0.337 e. The first-order valence-electron chi connectivity index (χ1n) is 13.3. The van der Waals surface area contributed by atoms with Gasteiger partial charge >= 0.3 is 5.97 Å². The number of rotatable bonds is 6. The van der Waals surface area contributed by atoms with E-state index in [-0.39, 0.29) is 5.91 Å². The largest absolute Gasteiger partial charge is 0.479 e. The molecule has 3 aromatic heterocycles. The molecule has 0 radical (unpaired) electrons. The van der Waals surface area contributed by atoms with Crippen molar-refractivity contribution < 1.29 is 19.4 Å². The maximum atomic E-state index is 13.1. The van der Waals surface area contributed by atoms with E-state index in [0.29, 0.717) is 28.5 Å². The second-order valence-corrected chi connectivity index (χ2v) is 12.6. The summed E-state index contributed by atoms with van der Waals surface area (Å²) in [6.07, 6.45) is 3.73. The molecule has 8 nitrogen and oxygen atoms in total. The van der Waals surface area contributed by atoms with Gasteiger partial charge in [0.25, 0.3) is 5.91 Å². The average molecular weight is 599 g/mol. The van der Waals surface area contributed by atoms with E-state index in [0.717, 1.165) is 43.0 Å². The Kier molecular flexibility index (Phi) is 7.04. The highest BCUT2D eigenvalue weighted by molar-refractivity contribution is 7.22. The summed E-state index contributed by atoms with van der Waals surface area (Å²) in [6, 6.07) is 14.8. The van der Waals surface area contributed by atoms with Crippen molar-refractivity contribution in [1.82, 2.24) is 15.0 Å². The van der Waals surface area contributed by atoms with Crippen LogP contribution in [0.1, 0.15) is 53.9 Å². The molecular weight excluding hydrogens is 572 g/mol. The molecule has 0 aliphatic carbocycles. The minimum Gasteiger partial charge on any atom is -0.479 e. The van der Waals surface area contributed by atoms with Gasteiger partial charge in [0.1, 0.15) is 10.8 Å². The number of carbonyl (C=O) groups excluding carboxylic acids is 1. The van der Waals surface area contributed by atoms with Crippen molar-refractivity contribution in [3.8, 4) is 21.7 Å². The summed E-state index contributed by atoms with van der Waals surface area (Å²) in [4.78, 5) is 40.8. The van der Waals surface area contributed by atoms with Crippen molar-refractivity contribution in [2.75, 3.05) is 4.90 Å². The van der Waals surface area contributed by atoms with Crippen LogP contribution in [0.3, 0.4) is 0 Å². The molecule has 6 rings (SSSR count). The average Bonchev–Trinajstić information content (AvgIpc) is 3.52. The Morgan fingerprint density at radius 2 is 1.86 bits per heavy atom. The zero-order valence-corrected chi connectivity index (χ0v) is 25.0. The predicted molar refractivity (Wildman–Crippen MR) is 164 cm³/mol. The van der Waals surface area contributed by atoms with Gasteiger partial charge in [-0.15, -0.1) is 11.3 Å². The Balaban J connectivity index is 1.50. The van der Waals surface area contributed by atoms with Gasteiger partial charge in [-0.05, 0) is 80.8 Å². The first-order valence-corrected chi connectivity index (χ1v) is 14.5. The van der Waals surface area contributed by atoms with Gasteiger partial charge in [-0.25, -0.2) is 14.8 Å². The van der Waals surface area contributed by atoms with Crippen LogP contribution in [0, 0.1) is 6.92 Å². The number of hydrogen-bond donors (Lipinski definition) is 1. The Bertz CT molecular complexity index is 1860. The van der Waals surface area contributed by atoms with Gasteiger partial charge in [0, 0.05) is 40.3 Å². The molecule has 0 spiro atoms. The van der Waals surface area contributed by atoms with Crippen molar-refractivity contribution in [2.24, 2.45) is 0 Å². The number of halogens is 1. The fourth-order valence-corrected chi connectivity index (χ4v) is 6.43. The van der Waals surface area contributed by atoms with Crippen molar-refractivity contribution in [3.63, 3.8) is 0 Å². The third-order valence-electron chi connectivity index (χ3n) is 7.00. The van der Waals surface area contributed by atoms with E-state index in [1.165, 1.54) is 11.3 Å². The van der Waals surface area contributed by atoms with Gasteiger partial charge < -0.3 is 9.84 Å². The zero-order chi connectivity index (χ0) is 29.8. The molecule has 0 bridgehead atoms. The molecule has 1 aliphatic rings. The predicted octanol–water partition coefficient (Wildman–Crippen LogP) is 7.48. The molecule has 5 aromatic rings. The SMILES string of the molecule is Cc1cc2nc(-c3ccnc(N4Cc5ccncc5C4=O)c3)sc2c(-c2ccc(Cl)cc2)c1C(OC(C)(C)C)C(=O)O. The van der Waals surface area contributed by atoms with Crippen LogP contribution in [-0.2, 0) is 16.1 Å². The first-order chi connectivity index (χ1) is 20.0. The van der Waals surface area contributed by atoms with E-state index >= 15 is 0 Å². The van der Waals surface area contributed by atoms with Crippen LogP contribution >= 0.6 is 22.9 Å². The fourth-order valence-electron chi connectivity index (χ4n) is 5.19. The van der Waals surface area contributed by atoms with Crippen molar-refractivity contribution in [1.29, 1.82) is 0 Å². The Morgan fingerprint density at radius 3 is 2.55 bits per heavy atom. The number of aryl methyl sites for hydroxylation is 1. The van der Waals surface area contributed by atoms with Crippen LogP contribution in [-0.4, -0.2) is 37.5 Å². The molecule has 10 heteroatoms. The number of fused-ring (bicyclic) bond motifs is 2. The van der Waals surface area contributed by atoms with Crippen molar-refractivity contribution >= 4 is 50.8 Å². The summed E-state index contributed by atoms with van der Waals surface area (Å²) >= 11 is 7.67. The Labute approximate surface area is 251 Å². The van der Waals surface area contributed by atoms with Gasteiger partial charge in [0.15, 0.2) is 6.10 Å². The number of benzene rings is 2. The van der Waals surface area contributed by atoms with Crippen LogP contribution in [0.25, 0.3) is 31.9 Å². The van der Waals surface area contributed by atoms with Crippen LogP contribution in [0.5, 0.6) is 0 Å². The molecule has 0 saturated carbocycles. The van der Waals surface area contributed by atoms with Gasteiger partial charge in [-0.3, -0.25) is 14.7 Å². The number of amides is 1. The van der Waals surface area contributed by atoms with E-state index in [2.05, 4.69) is 9.97 Å². The number of aliphatic carboxylic acids is 1. The Hall–Kier alpha value is -4.18. The lowest BCUT2D eigenvalue weighted by Crippen LogP contribution is -2.28. The molecule has 1 N–H and O–H groups in total.